The lowest BCUT2D eigenvalue weighted by atomic mass is 9.96. The highest BCUT2D eigenvalue weighted by Gasteiger charge is 2.32. The lowest BCUT2D eigenvalue weighted by Gasteiger charge is -2.21. The minimum atomic E-state index is -0.779. The molecule has 5 heteroatoms. The van der Waals surface area contributed by atoms with Gasteiger partial charge < -0.3 is 5.11 Å². The van der Waals surface area contributed by atoms with Crippen molar-refractivity contribution in [3.05, 3.63) is 185 Å². The molecule has 0 radical (unpaired) electrons. The van der Waals surface area contributed by atoms with Gasteiger partial charge in [-0.2, -0.15) is 0 Å². The predicted octanol–water partition coefficient (Wildman–Crippen LogP) is 10.5. The fourth-order valence-corrected chi connectivity index (χ4v) is 9.23. The fraction of sp³-hybridized carbons (Fsp3) is 0. The molecule has 0 fully saturated rings. The standard InChI is InChI=1S/C45H26O3S2/c46-41-37(23-31-24-40(30-15-5-2-6-16-30)50-45-33-18-10-8-14-29(33)19-21-34(31)45)42(47)43(48)38(41)25-36-35-22-20-28-13-7-9-17-32(28)44(35)49-26-39(36)27-11-3-1-4-12-27/h1-26H. The lowest BCUT2D eigenvalue weighted by Crippen LogP contribution is -2.10. The monoisotopic (exact) mass is 678 g/mol. The molecule has 2 heterocycles. The molecule has 9 rings (SSSR count). The average Bonchev–Trinajstić information content (AvgIpc) is 3.37. The van der Waals surface area contributed by atoms with E-state index >= 15 is 0 Å². The lowest BCUT2D eigenvalue weighted by molar-refractivity contribution is -0.296. The minimum Gasteiger partial charge on any atom is -0.871 e. The Morgan fingerprint density at radius 1 is 0.580 bits per heavy atom. The van der Waals surface area contributed by atoms with Gasteiger partial charge in [-0.05, 0) is 68.8 Å². The maximum absolute atomic E-state index is 14.3. The molecule has 0 atom stereocenters. The molecule has 3 nitrogen and oxygen atoms in total. The van der Waals surface area contributed by atoms with Crippen LogP contribution in [0.3, 0.4) is 0 Å². The fourth-order valence-electron chi connectivity index (χ4n) is 6.87. The number of allylic oxidation sites excluding steroid dienone is 5. The first-order valence-electron chi connectivity index (χ1n) is 16.3. The highest BCUT2D eigenvalue weighted by Crippen LogP contribution is 2.48. The second-order valence-corrected chi connectivity index (χ2v) is 14.2. The van der Waals surface area contributed by atoms with Crippen LogP contribution in [0.1, 0.15) is 16.7 Å². The maximum Gasteiger partial charge on any atom is 0.246 e. The first kappa shape index (κ1) is 30.2. The van der Waals surface area contributed by atoms with Gasteiger partial charge in [0.2, 0.25) is 33.0 Å². The topological polar surface area (TPSA) is 57.2 Å². The van der Waals surface area contributed by atoms with Gasteiger partial charge >= 0.3 is 0 Å². The van der Waals surface area contributed by atoms with E-state index in [0.717, 1.165) is 74.8 Å². The number of hydrogen-bond donors (Lipinski definition) is 0. The summed E-state index contributed by atoms with van der Waals surface area (Å²) in [6.45, 7) is 0. The molecular weight excluding hydrogens is 653 g/mol. The quantitative estimate of drug-likeness (QED) is 0.0805. The molecule has 0 N–H and O–H groups in total. The third-order valence-corrected chi connectivity index (χ3v) is 11.6. The van der Waals surface area contributed by atoms with Crippen LogP contribution in [0.4, 0.5) is 0 Å². The van der Waals surface area contributed by atoms with Crippen molar-refractivity contribution in [2.75, 3.05) is 0 Å². The van der Waals surface area contributed by atoms with Gasteiger partial charge in [0.1, 0.15) is 0 Å². The largest absolute Gasteiger partial charge is 0.871 e. The number of carbonyl (C=O) groups excluding carboxylic acids is 2. The number of thioether (sulfide) groups is 1. The van der Waals surface area contributed by atoms with Crippen LogP contribution in [0.15, 0.2) is 173 Å². The first-order valence-corrected chi connectivity index (χ1v) is 18.0. The Hall–Kier alpha value is -5.88. The zero-order chi connectivity index (χ0) is 33.8. The van der Waals surface area contributed by atoms with Crippen molar-refractivity contribution in [1.29, 1.82) is 0 Å². The van der Waals surface area contributed by atoms with Crippen LogP contribution in [0.25, 0.3) is 59.3 Å². The van der Waals surface area contributed by atoms with Crippen molar-refractivity contribution in [3.8, 4) is 11.1 Å². The van der Waals surface area contributed by atoms with Crippen LogP contribution in [-0.2, 0) is 9.59 Å². The number of ketones is 2. The van der Waals surface area contributed by atoms with Crippen LogP contribution < -0.4 is 5.11 Å². The second kappa shape index (κ2) is 12.2. The molecular formula is C45H26O3S2. The van der Waals surface area contributed by atoms with Crippen molar-refractivity contribution in [2.45, 2.75) is 4.90 Å². The molecule has 0 saturated heterocycles. The van der Waals surface area contributed by atoms with Gasteiger partial charge in [-0.15, -0.1) is 0 Å². The predicted molar refractivity (Wildman–Crippen MR) is 206 cm³/mol. The molecule has 1 aliphatic heterocycles. The normalized spacial score (nSPS) is 16.2. The smallest absolute Gasteiger partial charge is 0.246 e. The second-order valence-electron chi connectivity index (χ2n) is 12.3. The number of fused-ring (bicyclic) bond motifs is 6. The summed E-state index contributed by atoms with van der Waals surface area (Å²) in [5, 5.41) is 21.6. The van der Waals surface area contributed by atoms with E-state index in [1.54, 1.807) is 35.3 Å². The Morgan fingerprint density at radius 3 is 1.98 bits per heavy atom. The van der Waals surface area contributed by atoms with E-state index in [0.29, 0.717) is 0 Å². The van der Waals surface area contributed by atoms with Crippen molar-refractivity contribution < 1.29 is 14.7 Å². The molecule has 7 aromatic rings. The van der Waals surface area contributed by atoms with E-state index in [2.05, 4.69) is 53.9 Å². The Kier molecular flexibility index (Phi) is 7.38. The Balaban J connectivity index is 1.26. The summed E-state index contributed by atoms with van der Waals surface area (Å²) in [5.74, 6) is -2.11. The van der Waals surface area contributed by atoms with Gasteiger partial charge in [-0.1, -0.05) is 139 Å². The van der Waals surface area contributed by atoms with Gasteiger partial charge in [-0.3, -0.25) is 9.59 Å². The number of benzene rings is 6. The molecule has 2 aliphatic rings. The van der Waals surface area contributed by atoms with Crippen LogP contribution in [0.2, 0.25) is 0 Å². The average molecular weight is 679 g/mol. The van der Waals surface area contributed by atoms with E-state index < -0.39 is 17.3 Å². The summed E-state index contributed by atoms with van der Waals surface area (Å²) < 4.78 is 1.05. The highest BCUT2D eigenvalue weighted by atomic mass is 32.2. The molecule has 236 valence electrons. The number of rotatable bonds is 4. The Labute approximate surface area is 296 Å². The summed E-state index contributed by atoms with van der Waals surface area (Å²) in [6.07, 6.45) is 5.28. The van der Waals surface area contributed by atoms with Crippen LogP contribution in [-0.4, -0.2) is 11.6 Å². The molecule has 6 aromatic carbocycles. The third kappa shape index (κ3) is 5.02. The van der Waals surface area contributed by atoms with Gasteiger partial charge in [0, 0.05) is 42.8 Å². The maximum atomic E-state index is 14.3. The molecule has 0 bridgehead atoms. The molecule has 0 amide bonds. The van der Waals surface area contributed by atoms with Crippen molar-refractivity contribution in [1.82, 2.24) is 0 Å². The molecule has 0 saturated carbocycles. The molecule has 50 heavy (non-hydrogen) atoms. The van der Waals surface area contributed by atoms with Gasteiger partial charge in [0.05, 0.1) is 0 Å². The molecule has 1 aliphatic carbocycles. The molecule has 0 unspecified atom stereocenters. The summed E-state index contributed by atoms with van der Waals surface area (Å²) in [7, 11) is 0. The zero-order valence-corrected chi connectivity index (χ0v) is 28.2. The number of carbonyl (C=O) groups is 2. The van der Waals surface area contributed by atoms with Crippen molar-refractivity contribution >= 4 is 82.9 Å². The van der Waals surface area contributed by atoms with Crippen LogP contribution in [0, 0.1) is 0 Å². The van der Waals surface area contributed by atoms with E-state index in [1.165, 1.54) is 0 Å². The van der Waals surface area contributed by atoms with Gasteiger partial charge in [0.25, 0.3) is 0 Å². The molecule has 0 spiro atoms. The van der Waals surface area contributed by atoms with Gasteiger partial charge in [0.15, 0.2) is 0 Å². The Bertz CT molecular complexity index is 2700. The summed E-state index contributed by atoms with van der Waals surface area (Å²) in [5.41, 5.74) is 5.05. The summed E-state index contributed by atoms with van der Waals surface area (Å²) >= 11 is 3.30. The SMILES string of the molecule is O=C1C(=O)/C(=C\c2c(-c3ccccc3)c[s+]c3c2ccc2ccccc23)C([O-])=C1/C=C1\C=C(c2ccccc2)Sc2c1ccc1ccccc21. The third-order valence-electron chi connectivity index (χ3n) is 9.36. The minimum absolute atomic E-state index is 0.110. The summed E-state index contributed by atoms with van der Waals surface area (Å²) in [6, 6.07) is 44.6. The summed E-state index contributed by atoms with van der Waals surface area (Å²) in [4.78, 5) is 29.6. The molecule has 1 aromatic heterocycles. The van der Waals surface area contributed by atoms with Crippen molar-refractivity contribution in [3.63, 3.8) is 0 Å². The van der Waals surface area contributed by atoms with Crippen LogP contribution >= 0.6 is 23.1 Å². The Morgan fingerprint density at radius 2 is 1.22 bits per heavy atom. The van der Waals surface area contributed by atoms with Crippen molar-refractivity contribution in [2.24, 2.45) is 0 Å². The van der Waals surface area contributed by atoms with Crippen LogP contribution in [0.5, 0.6) is 0 Å². The highest BCUT2D eigenvalue weighted by molar-refractivity contribution is 8.08. The van der Waals surface area contributed by atoms with E-state index in [1.807, 2.05) is 91.0 Å². The number of hydrogen-bond acceptors (Lipinski definition) is 4. The van der Waals surface area contributed by atoms with E-state index in [9.17, 15) is 14.7 Å². The van der Waals surface area contributed by atoms with E-state index in [4.69, 9.17) is 0 Å². The van der Waals surface area contributed by atoms with Gasteiger partial charge in [-0.25, -0.2) is 0 Å². The van der Waals surface area contributed by atoms with E-state index in [-0.39, 0.29) is 11.1 Å². The number of Topliss-reactive ketones (excluding diaryl/α,β-unsaturated/α-hetero) is 2. The first-order chi connectivity index (χ1) is 24.5. The zero-order valence-electron chi connectivity index (χ0n) is 26.6.